The number of nitro benzene ring substituents is 1. The standard InChI is InChI=1S/C12H11N3O7S/c16-12(8-2-1-3-9(6-8)15(17)18)14-13-7-10-4-5-11(22-10)23(19,20)21/h1-7,19-21H,(H,14,16)/p-1/b13-7+. The highest BCUT2D eigenvalue weighted by Crippen LogP contribution is 2.43. The molecular formula is C12H10N3O7S-. The maximum Gasteiger partial charge on any atom is 0.271 e. The maximum atomic E-state index is 11.8. The van der Waals surface area contributed by atoms with Gasteiger partial charge in [0.2, 0.25) is 0 Å². The van der Waals surface area contributed by atoms with E-state index in [-0.39, 0.29) is 17.0 Å². The van der Waals surface area contributed by atoms with Gasteiger partial charge in [-0.2, -0.15) is 5.10 Å². The molecule has 2 rings (SSSR count). The molecule has 10 nitrogen and oxygen atoms in total. The van der Waals surface area contributed by atoms with E-state index >= 15 is 0 Å². The number of carbonyl (C=O) groups excluding carboxylic acids is 1. The maximum absolute atomic E-state index is 11.8. The summed E-state index contributed by atoms with van der Waals surface area (Å²) < 4.78 is 33.4. The SMILES string of the molecule is O=C(N/N=C/c1ccc(S([O-])(O)O)o1)c1cccc([N+](=O)[O-])c1. The Kier molecular flexibility index (Phi) is 4.76. The Morgan fingerprint density at radius 2 is 2.09 bits per heavy atom. The zero-order chi connectivity index (χ0) is 17.0. The monoisotopic (exact) mass is 340 g/mol. The molecule has 0 saturated heterocycles. The van der Waals surface area contributed by atoms with Crippen LogP contribution in [0.2, 0.25) is 0 Å². The highest BCUT2D eigenvalue weighted by molar-refractivity contribution is 8.19. The van der Waals surface area contributed by atoms with Crippen LogP contribution < -0.4 is 5.43 Å². The lowest BCUT2D eigenvalue weighted by Crippen LogP contribution is -2.17. The van der Waals surface area contributed by atoms with Gasteiger partial charge >= 0.3 is 0 Å². The molecule has 0 atom stereocenters. The second-order valence-electron chi connectivity index (χ2n) is 4.16. The van der Waals surface area contributed by atoms with Crippen LogP contribution in [0.1, 0.15) is 16.1 Å². The minimum atomic E-state index is -4.21. The van der Waals surface area contributed by atoms with Gasteiger partial charge in [0.1, 0.15) is 5.76 Å². The number of hydrogen-bond donors (Lipinski definition) is 3. The quantitative estimate of drug-likeness (QED) is 0.427. The molecule has 1 heterocycles. The number of non-ortho nitro benzene ring substituents is 1. The van der Waals surface area contributed by atoms with Gasteiger partial charge in [-0.05, 0) is 29.1 Å². The molecular weight excluding hydrogens is 330 g/mol. The van der Waals surface area contributed by atoms with Crippen molar-refractivity contribution in [2.45, 2.75) is 5.09 Å². The Balaban J connectivity index is 2.03. The molecule has 1 amide bonds. The van der Waals surface area contributed by atoms with E-state index in [1.54, 1.807) is 0 Å². The van der Waals surface area contributed by atoms with E-state index in [1.807, 2.05) is 0 Å². The van der Waals surface area contributed by atoms with Crippen LogP contribution in [-0.4, -0.2) is 30.7 Å². The molecule has 1 aromatic heterocycles. The van der Waals surface area contributed by atoms with Gasteiger partial charge in [0.15, 0.2) is 5.09 Å². The van der Waals surface area contributed by atoms with Crippen LogP contribution in [-0.2, 0) is 0 Å². The van der Waals surface area contributed by atoms with E-state index < -0.39 is 26.8 Å². The van der Waals surface area contributed by atoms with Gasteiger partial charge < -0.3 is 18.1 Å². The molecule has 23 heavy (non-hydrogen) atoms. The zero-order valence-corrected chi connectivity index (χ0v) is 12.1. The molecule has 0 aliphatic heterocycles. The molecule has 0 aliphatic carbocycles. The summed E-state index contributed by atoms with van der Waals surface area (Å²) in [6.45, 7) is 0. The fourth-order valence-electron chi connectivity index (χ4n) is 1.53. The summed E-state index contributed by atoms with van der Waals surface area (Å²) in [5, 5.41) is 13.6. The summed E-state index contributed by atoms with van der Waals surface area (Å²) in [6.07, 6.45) is 1.03. The van der Waals surface area contributed by atoms with Crippen LogP contribution in [0, 0.1) is 10.1 Å². The third-order valence-electron chi connectivity index (χ3n) is 2.54. The van der Waals surface area contributed by atoms with Gasteiger partial charge in [0.25, 0.3) is 11.6 Å². The normalized spacial score (nSPS) is 12.3. The molecule has 0 aliphatic rings. The Bertz CT molecular complexity index is 766. The highest BCUT2D eigenvalue weighted by atomic mass is 32.3. The number of rotatable bonds is 5. The third kappa shape index (κ3) is 4.37. The van der Waals surface area contributed by atoms with Crippen molar-refractivity contribution in [3.63, 3.8) is 0 Å². The van der Waals surface area contributed by atoms with Gasteiger partial charge in [-0.3, -0.25) is 14.9 Å². The Morgan fingerprint density at radius 1 is 1.35 bits per heavy atom. The van der Waals surface area contributed by atoms with Gasteiger partial charge in [0, 0.05) is 17.7 Å². The van der Waals surface area contributed by atoms with Crippen molar-refractivity contribution < 1.29 is 27.8 Å². The summed E-state index contributed by atoms with van der Waals surface area (Å²) in [5.41, 5.74) is 1.91. The Labute approximate surface area is 130 Å². The predicted octanol–water partition coefficient (Wildman–Crippen LogP) is 2.19. The first kappa shape index (κ1) is 16.6. The molecule has 0 spiro atoms. The number of nitrogens with zero attached hydrogens (tertiary/aromatic N) is 2. The summed E-state index contributed by atoms with van der Waals surface area (Å²) in [6, 6.07) is 7.38. The first-order valence-electron chi connectivity index (χ1n) is 5.94. The zero-order valence-electron chi connectivity index (χ0n) is 11.3. The summed E-state index contributed by atoms with van der Waals surface area (Å²) in [5.74, 6) is -0.681. The number of furan rings is 1. The molecule has 1 aromatic carbocycles. The minimum Gasteiger partial charge on any atom is -0.767 e. The van der Waals surface area contributed by atoms with Crippen molar-refractivity contribution in [2.75, 3.05) is 0 Å². The van der Waals surface area contributed by atoms with Crippen molar-refractivity contribution >= 4 is 28.7 Å². The van der Waals surface area contributed by atoms with E-state index in [9.17, 15) is 19.5 Å². The average molecular weight is 340 g/mol. The first-order chi connectivity index (χ1) is 10.8. The highest BCUT2D eigenvalue weighted by Gasteiger charge is 2.12. The number of hydrazone groups is 1. The molecule has 0 saturated carbocycles. The minimum absolute atomic E-state index is 0.00941. The van der Waals surface area contributed by atoms with Gasteiger partial charge in [-0.25, -0.2) is 5.43 Å². The van der Waals surface area contributed by atoms with E-state index in [1.165, 1.54) is 24.3 Å². The summed E-state index contributed by atoms with van der Waals surface area (Å²) in [4.78, 5) is 21.8. The largest absolute Gasteiger partial charge is 0.767 e. The summed E-state index contributed by atoms with van der Waals surface area (Å²) in [7, 11) is -4.21. The molecule has 11 heteroatoms. The van der Waals surface area contributed by atoms with Crippen molar-refractivity contribution in [1.29, 1.82) is 0 Å². The van der Waals surface area contributed by atoms with Crippen LogP contribution in [0.15, 0.2) is 51.0 Å². The van der Waals surface area contributed by atoms with Crippen LogP contribution in [0.25, 0.3) is 0 Å². The van der Waals surface area contributed by atoms with Crippen molar-refractivity contribution in [1.82, 2.24) is 5.43 Å². The van der Waals surface area contributed by atoms with Crippen LogP contribution in [0.3, 0.4) is 0 Å². The Hall–Kier alpha value is -2.73. The number of nitrogens with one attached hydrogen (secondary N) is 1. The fourth-order valence-corrected chi connectivity index (χ4v) is 1.98. The lowest BCUT2D eigenvalue weighted by molar-refractivity contribution is -0.384. The molecule has 0 fully saturated rings. The van der Waals surface area contributed by atoms with Gasteiger partial charge in [0.05, 0.1) is 11.1 Å². The molecule has 122 valence electrons. The topological polar surface area (TPSA) is 161 Å². The number of hydrogen-bond acceptors (Lipinski definition) is 8. The van der Waals surface area contributed by atoms with Crippen molar-refractivity contribution in [3.05, 3.63) is 57.8 Å². The first-order valence-corrected chi connectivity index (χ1v) is 7.41. The third-order valence-corrected chi connectivity index (χ3v) is 3.28. The van der Waals surface area contributed by atoms with Crippen LogP contribution in [0.4, 0.5) is 5.69 Å². The van der Waals surface area contributed by atoms with Gasteiger partial charge in [-0.1, -0.05) is 6.07 Å². The van der Waals surface area contributed by atoms with E-state index in [4.69, 9.17) is 13.5 Å². The number of nitro groups is 1. The average Bonchev–Trinajstić information content (AvgIpc) is 2.96. The second-order valence-corrected chi connectivity index (χ2v) is 5.56. The van der Waals surface area contributed by atoms with Crippen LogP contribution >= 0.6 is 10.9 Å². The number of carbonyl (C=O) groups is 1. The second kappa shape index (κ2) is 6.58. The molecule has 0 bridgehead atoms. The predicted molar refractivity (Wildman–Crippen MR) is 78.8 cm³/mol. The summed E-state index contributed by atoms with van der Waals surface area (Å²) >= 11 is 0. The lowest BCUT2D eigenvalue weighted by Gasteiger charge is -2.29. The molecule has 0 unspecified atom stereocenters. The molecule has 0 radical (unpaired) electrons. The van der Waals surface area contributed by atoms with Gasteiger partial charge in [-0.15, -0.1) is 0 Å². The van der Waals surface area contributed by atoms with E-state index in [2.05, 4.69) is 10.5 Å². The molecule has 2 aromatic rings. The van der Waals surface area contributed by atoms with E-state index in [0.29, 0.717) is 0 Å². The smallest absolute Gasteiger partial charge is 0.271 e. The Morgan fingerprint density at radius 3 is 2.70 bits per heavy atom. The number of benzene rings is 1. The number of amides is 1. The molecule has 3 N–H and O–H groups in total. The fraction of sp³-hybridized carbons (Fsp3) is 0. The van der Waals surface area contributed by atoms with Crippen molar-refractivity contribution in [2.24, 2.45) is 5.10 Å². The van der Waals surface area contributed by atoms with Crippen LogP contribution in [0.5, 0.6) is 0 Å². The van der Waals surface area contributed by atoms with E-state index in [0.717, 1.165) is 18.3 Å². The van der Waals surface area contributed by atoms with Crippen molar-refractivity contribution in [3.8, 4) is 0 Å². The lowest BCUT2D eigenvalue weighted by atomic mass is 10.2.